The van der Waals surface area contributed by atoms with Crippen LogP contribution >= 0.6 is 0 Å². The highest BCUT2D eigenvalue weighted by Crippen LogP contribution is 2.28. The van der Waals surface area contributed by atoms with Crippen LogP contribution in [0, 0.1) is 5.92 Å². The molecule has 1 aromatic rings. The van der Waals surface area contributed by atoms with Gasteiger partial charge < -0.3 is 5.32 Å². The van der Waals surface area contributed by atoms with E-state index >= 15 is 0 Å². The zero-order valence-electron chi connectivity index (χ0n) is 12.9. The van der Waals surface area contributed by atoms with Gasteiger partial charge in [-0.25, -0.2) is 0 Å². The molecule has 1 atom stereocenters. The molecule has 0 amide bonds. The van der Waals surface area contributed by atoms with Crippen molar-refractivity contribution in [3.05, 3.63) is 35.4 Å². The molecule has 2 nitrogen and oxygen atoms in total. The van der Waals surface area contributed by atoms with Crippen LogP contribution in [0.25, 0.3) is 0 Å². The molecule has 0 aromatic heterocycles. The Morgan fingerprint density at radius 1 is 1.20 bits per heavy atom. The summed E-state index contributed by atoms with van der Waals surface area (Å²) >= 11 is 0. The maximum atomic E-state index is 3.62. The van der Waals surface area contributed by atoms with E-state index in [2.05, 4.69) is 48.3 Å². The van der Waals surface area contributed by atoms with Crippen molar-refractivity contribution in [1.82, 2.24) is 10.2 Å². The van der Waals surface area contributed by atoms with Crippen LogP contribution in [0.15, 0.2) is 24.3 Å². The van der Waals surface area contributed by atoms with E-state index in [-0.39, 0.29) is 0 Å². The van der Waals surface area contributed by atoms with Crippen LogP contribution in [-0.2, 0) is 12.8 Å². The number of nitrogens with one attached hydrogen (secondary N) is 1. The third kappa shape index (κ3) is 3.24. The first-order valence-electron chi connectivity index (χ1n) is 8.26. The summed E-state index contributed by atoms with van der Waals surface area (Å²) in [7, 11) is 0. The Labute approximate surface area is 123 Å². The van der Waals surface area contributed by atoms with E-state index in [9.17, 15) is 0 Å². The molecule has 1 fully saturated rings. The van der Waals surface area contributed by atoms with Gasteiger partial charge in [-0.1, -0.05) is 38.1 Å². The number of hydrogen-bond acceptors (Lipinski definition) is 2. The molecular weight excluding hydrogens is 244 g/mol. The van der Waals surface area contributed by atoms with Crippen molar-refractivity contribution in [2.45, 2.75) is 51.6 Å². The third-order valence-electron chi connectivity index (χ3n) is 4.91. The summed E-state index contributed by atoms with van der Waals surface area (Å²) in [5, 5.41) is 3.62. The minimum Gasteiger partial charge on any atom is -0.314 e. The number of benzene rings is 1. The first kappa shape index (κ1) is 14.1. The lowest BCUT2D eigenvalue weighted by atomic mass is 9.95. The Bertz CT molecular complexity index is 416. The van der Waals surface area contributed by atoms with Crippen molar-refractivity contribution >= 4 is 0 Å². The molecule has 2 heteroatoms. The Morgan fingerprint density at radius 2 is 1.90 bits per heavy atom. The van der Waals surface area contributed by atoms with Crippen LogP contribution in [0.4, 0.5) is 0 Å². The predicted molar refractivity (Wildman–Crippen MR) is 85.1 cm³/mol. The lowest BCUT2D eigenvalue weighted by Gasteiger charge is -2.37. The molecule has 0 radical (unpaired) electrons. The van der Waals surface area contributed by atoms with Gasteiger partial charge in [-0.3, -0.25) is 4.90 Å². The van der Waals surface area contributed by atoms with Crippen molar-refractivity contribution in [1.29, 1.82) is 0 Å². The zero-order chi connectivity index (χ0) is 13.9. The molecule has 1 saturated heterocycles. The topological polar surface area (TPSA) is 15.3 Å². The van der Waals surface area contributed by atoms with E-state index in [1.807, 2.05) is 0 Å². The summed E-state index contributed by atoms with van der Waals surface area (Å²) in [4.78, 5) is 2.76. The molecule has 1 N–H and O–H groups in total. The van der Waals surface area contributed by atoms with Crippen molar-refractivity contribution in [2.24, 2.45) is 5.92 Å². The average Bonchev–Trinajstić information content (AvgIpc) is 2.89. The maximum Gasteiger partial charge on any atom is 0.0176 e. The van der Waals surface area contributed by atoms with Gasteiger partial charge in [0, 0.05) is 18.6 Å². The summed E-state index contributed by atoms with van der Waals surface area (Å²) in [5.41, 5.74) is 3.17. The minimum atomic E-state index is 0.612. The Morgan fingerprint density at radius 3 is 2.55 bits per heavy atom. The van der Waals surface area contributed by atoms with Gasteiger partial charge in [0.25, 0.3) is 0 Å². The molecule has 1 aliphatic heterocycles. The number of nitrogens with zero attached hydrogens (tertiary/aromatic N) is 1. The molecular formula is C18H28N2. The van der Waals surface area contributed by atoms with Crippen LogP contribution in [-0.4, -0.2) is 36.6 Å². The maximum absolute atomic E-state index is 3.62. The Balaban J connectivity index is 1.56. The van der Waals surface area contributed by atoms with E-state index < -0.39 is 0 Å². The van der Waals surface area contributed by atoms with Gasteiger partial charge >= 0.3 is 0 Å². The van der Waals surface area contributed by atoms with Crippen LogP contribution in [0.1, 0.15) is 37.8 Å². The second kappa shape index (κ2) is 6.28. The second-order valence-corrected chi connectivity index (χ2v) is 6.90. The van der Waals surface area contributed by atoms with Gasteiger partial charge in [-0.05, 0) is 55.8 Å². The third-order valence-corrected chi connectivity index (χ3v) is 4.91. The van der Waals surface area contributed by atoms with Crippen LogP contribution in [0.3, 0.4) is 0 Å². The average molecular weight is 272 g/mol. The van der Waals surface area contributed by atoms with E-state index in [4.69, 9.17) is 0 Å². The number of fused-ring (bicyclic) bond motifs is 1. The van der Waals surface area contributed by atoms with Gasteiger partial charge in [0.2, 0.25) is 0 Å². The molecule has 1 aromatic carbocycles. The van der Waals surface area contributed by atoms with Crippen LogP contribution < -0.4 is 5.32 Å². The minimum absolute atomic E-state index is 0.612. The van der Waals surface area contributed by atoms with Crippen molar-refractivity contribution in [3.8, 4) is 0 Å². The smallest absolute Gasteiger partial charge is 0.0176 e. The largest absolute Gasteiger partial charge is 0.314 e. The molecule has 3 rings (SSSR count). The van der Waals surface area contributed by atoms with E-state index in [1.54, 1.807) is 11.1 Å². The molecule has 0 bridgehead atoms. The SMILES string of the molecule is CC(C)NCC1CCCN(C2Cc3ccccc3C2)C1. The monoisotopic (exact) mass is 272 g/mol. The van der Waals surface area contributed by atoms with Crippen molar-refractivity contribution in [3.63, 3.8) is 0 Å². The highest BCUT2D eigenvalue weighted by Gasteiger charge is 2.30. The Hall–Kier alpha value is -0.860. The first-order chi connectivity index (χ1) is 9.72. The van der Waals surface area contributed by atoms with E-state index in [0.29, 0.717) is 6.04 Å². The second-order valence-electron chi connectivity index (χ2n) is 6.90. The van der Waals surface area contributed by atoms with Gasteiger partial charge in [0.1, 0.15) is 0 Å². The standard InChI is InChI=1S/C18H28N2/c1-14(2)19-12-15-6-5-9-20(13-15)18-10-16-7-3-4-8-17(16)11-18/h3-4,7-8,14-15,18-19H,5-6,9-13H2,1-2H3. The molecule has 0 spiro atoms. The lowest BCUT2D eigenvalue weighted by Crippen LogP contribution is -2.46. The fourth-order valence-electron chi connectivity index (χ4n) is 3.79. The number of hydrogen-bond donors (Lipinski definition) is 1. The molecule has 0 saturated carbocycles. The summed E-state index contributed by atoms with van der Waals surface area (Å²) < 4.78 is 0. The normalized spacial score (nSPS) is 24.2. The van der Waals surface area contributed by atoms with Gasteiger partial charge in [-0.2, -0.15) is 0 Å². The van der Waals surface area contributed by atoms with Crippen LogP contribution in [0.2, 0.25) is 0 Å². The van der Waals surface area contributed by atoms with Crippen LogP contribution in [0.5, 0.6) is 0 Å². The summed E-state index contributed by atoms with van der Waals surface area (Å²) in [6.07, 6.45) is 5.30. The van der Waals surface area contributed by atoms with E-state index in [1.165, 1.54) is 45.3 Å². The Kier molecular flexibility index (Phi) is 4.42. The van der Waals surface area contributed by atoms with Gasteiger partial charge in [-0.15, -0.1) is 0 Å². The fraction of sp³-hybridized carbons (Fsp3) is 0.667. The first-order valence-corrected chi connectivity index (χ1v) is 8.26. The molecule has 20 heavy (non-hydrogen) atoms. The number of piperidine rings is 1. The highest BCUT2D eigenvalue weighted by atomic mass is 15.2. The quantitative estimate of drug-likeness (QED) is 0.906. The molecule has 110 valence electrons. The van der Waals surface area contributed by atoms with Gasteiger partial charge in [0.15, 0.2) is 0 Å². The molecule has 1 aliphatic carbocycles. The van der Waals surface area contributed by atoms with Crippen molar-refractivity contribution < 1.29 is 0 Å². The number of rotatable bonds is 4. The zero-order valence-corrected chi connectivity index (χ0v) is 12.9. The fourth-order valence-corrected chi connectivity index (χ4v) is 3.79. The summed E-state index contributed by atoms with van der Waals surface area (Å²) in [6, 6.07) is 10.4. The predicted octanol–water partition coefficient (Wildman–Crippen LogP) is 2.86. The summed E-state index contributed by atoms with van der Waals surface area (Å²) in [6.45, 7) is 8.27. The lowest BCUT2D eigenvalue weighted by molar-refractivity contribution is 0.125. The molecule has 1 unspecified atom stereocenters. The highest BCUT2D eigenvalue weighted by molar-refractivity contribution is 5.33. The molecule has 1 heterocycles. The van der Waals surface area contributed by atoms with E-state index in [0.717, 1.165) is 12.0 Å². The van der Waals surface area contributed by atoms with Gasteiger partial charge in [0.05, 0.1) is 0 Å². The van der Waals surface area contributed by atoms with Crippen molar-refractivity contribution in [2.75, 3.05) is 19.6 Å². The molecule has 2 aliphatic rings. The summed E-state index contributed by atoms with van der Waals surface area (Å²) in [5.74, 6) is 0.842. The number of likely N-dealkylation sites (tertiary alicyclic amines) is 1.